The molecule has 0 fully saturated rings. The molecular formula is C23H21FN4O2. The first kappa shape index (κ1) is 19.6. The number of aromatic nitrogens is 3. The van der Waals surface area contributed by atoms with Gasteiger partial charge in [-0.25, -0.2) is 8.91 Å². The number of nitrogens with zero attached hydrogens (tertiary/aromatic N) is 2. The first-order chi connectivity index (χ1) is 14.3. The van der Waals surface area contributed by atoms with E-state index in [1.807, 2.05) is 32.0 Å². The Morgan fingerprint density at radius 2 is 1.83 bits per heavy atom. The zero-order chi connectivity index (χ0) is 21.4. The van der Waals surface area contributed by atoms with Crippen LogP contribution in [0.5, 0.6) is 0 Å². The Hall–Kier alpha value is -3.74. The van der Waals surface area contributed by atoms with Crippen molar-refractivity contribution in [2.24, 2.45) is 0 Å². The Kier molecular flexibility index (Phi) is 4.95. The Bertz CT molecular complexity index is 1310. The number of nitrogens with one attached hydrogen (secondary N) is 2. The van der Waals surface area contributed by atoms with Gasteiger partial charge in [-0.1, -0.05) is 24.3 Å². The minimum absolute atomic E-state index is 0.131. The molecule has 0 aliphatic carbocycles. The van der Waals surface area contributed by atoms with Crippen molar-refractivity contribution in [3.63, 3.8) is 0 Å². The molecule has 1 amide bonds. The van der Waals surface area contributed by atoms with Crippen molar-refractivity contribution in [1.29, 1.82) is 0 Å². The summed E-state index contributed by atoms with van der Waals surface area (Å²) in [5.74, 6) is -0.751. The number of hydrogen-bond acceptors (Lipinski definition) is 3. The molecule has 2 N–H and O–H groups in total. The number of amides is 1. The number of H-pyrrole nitrogens is 1. The summed E-state index contributed by atoms with van der Waals surface area (Å²) >= 11 is 0. The zero-order valence-electron chi connectivity index (χ0n) is 16.9. The van der Waals surface area contributed by atoms with E-state index in [4.69, 9.17) is 0 Å². The van der Waals surface area contributed by atoms with Gasteiger partial charge in [0.2, 0.25) is 0 Å². The van der Waals surface area contributed by atoms with Crippen molar-refractivity contribution < 1.29 is 9.18 Å². The van der Waals surface area contributed by atoms with Crippen molar-refractivity contribution >= 4 is 11.4 Å². The molecule has 7 heteroatoms. The predicted octanol–water partition coefficient (Wildman–Crippen LogP) is 3.94. The molecule has 2 aromatic carbocycles. The Labute approximate surface area is 172 Å². The highest BCUT2D eigenvalue weighted by Gasteiger charge is 2.17. The van der Waals surface area contributed by atoms with Crippen LogP contribution in [0.4, 0.5) is 4.39 Å². The van der Waals surface area contributed by atoms with E-state index in [2.05, 4.69) is 15.4 Å². The summed E-state index contributed by atoms with van der Waals surface area (Å²) in [7, 11) is 0. The van der Waals surface area contributed by atoms with Gasteiger partial charge in [-0.2, -0.15) is 5.10 Å². The quantitative estimate of drug-likeness (QED) is 0.541. The van der Waals surface area contributed by atoms with E-state index < -0.39 is 5.91 Å². The lowest BCUT2D eigenvalue weighted by molar-refractivity contribution is 0.0934. The SMILES string of the molecule is Cc1ccc(-c2cn3nc(C(=O)NC(C)c4ccc(F)cc4)cc3c(=O)[nH]2)cc1C. The summed E-state index contributed by atoms with van der Waals surface area (Å²) in [5, 5.41) is 7.11. The summed E-state index contributed by atoms with van der Waals surface area (Å²) in [4.78, 5) is 28.0. The number of carbonyl (C=O) groups excluding carboxylic acids is 1. The highest BCUT2D eigenvalue weighted by molar-refractivity contribution is 5.93. The van der Waals surface area contributed by atoms with Gasteiger partial charge in [-0.15, -0.1) is 0 Å². The number of halogens is 1. The monoisotopic (exact) mass is 404 g/mol. The fourth-order valence-electron chi connectivity index (χ4n) is 3.28. The molecule has 2 aromatic heterocycles. The average molecular weight is 404 g/mol. The van der Waals surface area contributed by atoms with Gasteiger partial charge >= 0.3 is 0 Å². The number of aromatic amines is 1. The van der Waals surface area contributed by atoms with Crippen molar-refractivity contribution in [3.8, 4) is 11.3 Å². The van der Waals surface area contributed by atoms with Gasteiger partial charge < -0.3 is 10.3 Å². The summed E-state index contributed by atoms with van der Waals surface area (Å²) < 4.78 is 14.5. The highest BCUT2D eigenvalue weighted by atomic mass is 19.1. The number of aryl methyl sites for hydroxylation is 2. The molecule has 6 nitrogen and oxygen atoms in total. The fraction of sp³-hybridized carbons (Fsp3) is 0.174. The second-order valence-electron chi connectivity index (χ2n) is 7.40. The molecule has 30 heavy (non-hydrogen) atoms. The van der Waals surface area contributed by atoms with Crippen LogP contribution in [0, 0.1) is 19.7 Å². The molecule has 0 saturated heterocycles. The molecule has 0 spiro atoms. The van der Waals surface area contributed by atoms with Crippen molar-refractivity contribution in [2.75, 3.05) is 0 Å². The molecule has 0 aliphatic rings. The Morgan fingerprint density at radius 1 is 1.10 bits per heavy atom. The molecule has 0 radical (unpaired) electrons. The van der Waals surface area contributed by atoms with E-state index in [9.17, 15) is 14.0 Å². The minimum Gasteiger partial charge on any atom is -0.344 e. The summed E-state index contributed by atoms with van der Waals surface area (Å²) in [6.45, 7) is 5.83. The van der Waals surface area contributed by atoms with E-state index >= 15 is 0 Å². The molecule has 0 saturated carbocycles. The van der Waals surface area contributed by atoms with Crippen LogP contribution in [-0.4, -0.2) is 20.5 Å². The normalized spacial score (nSPS) is 12.1. The molecule has 2 heterocycles. The van der Waals surface area contributed by atoms with Crippen LogP contribution in [-0.2, 0) is 0 Å². The van der Waals surface area contributed by atoms with Crippen molar-refractivity contribution in [2.45, 2.75) is 26.8 Å². The van der Waals surface area contributed by atoms with Gasteiger partial charge in [0.05, 0.1) is 17.9 Å². The summed E-state index contributed by atoms with van der Waals surface area (Å²) in [5.41, 5.74) is 4.61. The van der Waals surface area contributed by atoms with E-state index in [0.717, 1.165) is 22.3 Å². The molecule has 4 aromatic rings. The summed E-state index contributed by atoms with van der Waals surface area (Å²) in [6.07, 6.45) is 1.70. The third kappa shape index (κ3) is 3.74. The first-order valence-corrected chi connectivity index (χ1v) is 9.58. The molecule has 1 unspecified atom stereocenters. The Morgan fingerprint density at radius 3 is 2.53 bits per heavy atom. The number of rotatable bonds is 4. The number of hydrogen-bond donors (Lipinski definition) is 2. The molecular weight excluding hydrogens is 383 g/mol. The standard InChI is InChI=1S/C23H21FN4O2/c1-13-4-5-17(10-14(13)2)20-12-28-21(23(30)26-20)11-19(27-28)22(29)25-15(3)16-6-8-18(24)9-7-16/h4-12,15H,1-3H3,(H,25,29)(H,26,30). The Balaban J connectivity index is 1.63. The van der Waals surface area contributed by atoms with Gasteiger partial charge in [-0.3, -0.25) is 9.59 Å². The van der Waals surface area contributed by atoms with E-state index in [1.165, 1.54) is 22.7 Å². The van der Waals surface area contributed by atoms with E-state index in [0.29, 0.717) is 5.69 Å². The van der Waals surface area contributed by atoms with Gasteiger partial charge in [0.1, 0.15) is 11.3 Å². The van der Waals surface area contributed by atoms with Crippen LogP contribution in [0.2, 0.25) is 0 Å². The van der Waals surface area contributed by atoms with E-state index in [-0.39, 0.29) is 28.6 Å². The lowest BCUT2D eigenvalue weighted by Crippen LogP contribution is -2.27. The second-order valence-corrected chi connectivity index (χ2v) is 7.40. The molecule has 4 rings (SSSR count). The van der Waals surface area contributed by atoms with Gasteiger partial charge in [0.15, 0.2) is 5.69 Å². The molecule has 152 valence electrons. The second kappa shape index (κ2) is 7.59. The fourth-order valence-corrected chi connectivity index (χ4v) is 3.28. The highest BCUT2D eigenvalue weighted by Crippen LogP contribution is 2.20. The van der Waals surface area contributed by atoms with Crippen LogP contribution in [0.3, 0.4) is 0 Å². The van der Waals surface area contributed by atoms with Crippen LogP contribution in [0.15, 0.2) is 59.5 Å². The smallest absolute Gasteiger partial charge is 0.274 e. The molecule has 0 bridgehead atoms. The number of benzene rings is 2. The third-order valence-electron chi connectivity index (χ3n) is 5.24. The predicted molar refractivity (Wildman–Crippen MR) is 113 cm³/mol. The maximum Gasteiger partial charge on any atom is 0.274 e. The van der Waals surface area contributed by atoms with Crippen LogP contribution < -0.4 is 10.9 Å². The van der Waals surface area contributed by atoms with E-state index in [1.54, 1.807) is 25.3 Å². The number of carbonyl (C=O) groups is 1. The average Bonchev–Trinajstić information content (AvgIpc) is 3.15. The van der Waals surface area contributed by atoms with Gasteiger partial charge in [-0.05, 0) is 61.2 Å². The van der Waals surface area contributed by atoms with Crippen LogP contribution in [0.25, 0.3) is 16.8 Å². The maximum atomic E-state index is 13.1. The third-order valence-corrected chi connectivity index (χ3v) is 5.24. The lowest BCUT2D eigenvalue weighted by Gasteiger charge is -2.13. The van der Waals surface area contributed by atoms with Crippen molar-refractivity contribution in [1.82, 2.24) is 19.9 Å². The topological polar surface area (TPSA) is 79.3 Å². The summed E-state index contributed by atoms with van der Waals surface area (Å²) in [6, 6.07) is 13.0. The van der Waals surface area contributed by atoms with Gasteiger partial charge in [0.25, 0.3) is 11.5 Å². The lowest BCUT2D eigenvalue weighted by atomic mass is 10.0. The minimum atomic E-state index is -0.414. The zero-order valence-corrected chi connectivity index (χ0v) is 16.9. The largest absolute Gasteiger partial charge is 0.344 e. The molecule has 1 atom stereocenters. The molecule has 0 aliphatic heterocycles. The van der Waals surface area contributed by atoms with Crippen LogP contribution >= 0.6 is 0 Å². The number of fused-ring (bicyclic) bond motifs is 1. The van der Waals surface area contributed by atoms with Crippen molar-refractivity contribution in [3.05, 3.63) is 93.3 Å². The van der Waals surface area contributed by atoms with Crippen LogP contribution in [0.1, 0.15) is 40.1 Å². The first-order valence-electron chi connectivity index (χ1n) is 9.58. The maximum absolute atomic E-state index is 13.1. The van der Waals surface area contributed by atoms with Gasteiger partial charge in [0, 0.05) is 6.07 Å².